The number of rotatable bonds is 5. The van der Waals surface area contributed by atoms with Crippen LogP contribution < -0.4 is 10.6 Å². The second-order valence-electron chi connectivity index (χ2n) is 7.11. The number of carbonyl (C=O) groups is 1. The van der Waals surface area contributed by atoms with Gasteiger partial charge in [-0.15, -0.1) is 0 Å². The molecule has 0 heterocycles. The number of benzene rings is 3. The van der Waals surface area contributed by atoms with Crippen LogP contribution in [0.25, 0.3) is 11.1 Å². The van der Waals surface area contributed by atoms with Crippen LogP contribution >= 0.6 is 0 Å². The number of nitrogens with one attached hydrogen (secondary N) is 2. The van der Waals surface area contributed by atoms with Crippen LogP contribution in [0.3, 0.4) is 0 Å². The normalized spacial score (nSPS) is 20.3. The van der Waals surface area contributed by atoms with E-state index in [0.717, 1.165) is 12.1 Å². The molecule has 2 atom stereocenters. The summed E-state index contributed by atoms with van der Waals surface area (Å²) in [5.41, 5.74) is 7.63. The predicted octanol–water partition coefficient (Wildman–Crippen LogP) is 4.47. The highest BCUT2D eigenvalue weighted by Gasteiger charge is 2.41. The second kappa shape index (κ2) is 6.11. The third-order valence-electron chi connectivity index (χ3n) is 5.57. The molecule has 5 rings (SSSR count). The molecule has 0 saturated heterocycles. The summed E-state index contributed by atoms with van der Waals surface area (Å²) in [7, 11) is 0. The Labute approximate surface area is 153 Å². The van der Waals surface area contributed by atoms with Gasteiger partial charge < -0.3 is 10.6 Å². The van der Waals surface area contributed by atoms with Gasteiger partial charge in [0, 0.05) is 17.6 Å². The van der Waals surface area contributed by atoms with E-state index in [1.165, 1.54) is 27.8 Å². The molecule has 1 amide bonds. The van der Waals surface area contributed by atoms with Crippen LogP contribution in [0.5, 0.6) is 0 Å². The molecule has 2 N–H and O–H groups in total. The van der Waals surface area contributed by atoms with E-state index in [0.29, 0.717) is 18.4 Å². The van der Waals surface area contributed by atoms with Gasteiger partial charge in [0.15, 0.2) is 0 Å². The fourth-order valence-corrected chi connectivity index (χ4v) is 4.19. The summed E-state index contributed by atoms with van der Waals surface area (Å²) in [6.45, 7) is 0. The number of carbonyl (C=O) groups excluding carboxylic acids is 1. The summed E-state index contributed by atoms with van der Waals surface area (Å²) >= 11 is 0. The Bertz CT molecular complexity index is 918. The van der Waals surface area contributed by atoms with Gasteiger partial charge in [0.05, 0.1) is 6.04 Å². The Kier molecular flexibility index (Phi) is 3.61. The fraction of sp³-hybridized carbons (Fsp3) is 0.174. The summed E-state index contributed by atoms with van der Waals surface area (Å²) < 4.78 is 0. The molecule has 0 bridgehead atoms. The lowest BCUT2D eigenvalue weighted by Gasteiger charge is -2.16. The first kappa shape index (κ1) is 15.4. The van der Waals surface area contributed by atoms with Crippen LogP contribution in [0.15, 0.2) is 72.8 Å². The molecule has 1 saturated carbocycles. The van der Waals surface area contributed by atoms with E-state index in [1.54, 1.807) is 0 Å². The van der Waals surface area contributed by atoms with Gasteiger partial charge in [-0.05, 0) is 46.4 Å². The van der Waals surface area contributed by atoms with Crippen molar-refractivity contribution in [3.05, 3.63) is 89.5 Å². The molecule has 26 heavy (non-hydrogen) atoms. The molecule has 3 aromatic carbocycles. The standard InChI is InChI=1S/C23H20N2O/c26-14-24-16-11-9-15(10-12-16)21-13-22(21)25-23-19-7-3-1-5-17(19)18-6-2-4-8-20(18)23/h1-12,14,21-23,25H,13H2,(H,24,26). The second-order valence-corrected chi connectivity index (χ2v) is 7.11. The topological polar surface area (TPSA) is 41.1 Å². The van der Waals surface area contributed by atoms with Crippen LogP contribution in [0, 0.1) is 0 Å². The average Bonchev–Trinajstić information content (AvgIpc) is 3.39. The molecule has 2 unspecified atom stereocenters. The first-order chi connectivity index (χ1) is 12.8. The van der Waals surface area contributed by atoms with Gasteiger partial charge in [0.1, 0.15) is 0 Å². The summed E-state index contributed by atoms with van der Waals surface area (Å²) in [6, 6.07) is 26.4. The lowest BCUT2D eigenvalue weighted by atomic mass is 10.0. The Balaban J connectivity index is 1.37. The number of fused-ring (bicyclic) bond motifs is 3. The van der Waals surface area contributed by atoms with Gasteiger partial charge in [-0.25, -0.2) is 0 Å². The third-order valence-corrected chi connectivity index (χ3v) is 5.57. The fourth-order valence-electron chi connectivity index (χ4n) is 4.19. The highest BCUT2D eigenvalue weighted by Crippen LogP contribution is 2.47. The molecule has 2 aliphatic carbocycles. The molecule has 1 fully saturated rings. The van der Waals surface area contributed by atoms with Gasteiger partial charge in [0.25, 0.3) is 0 Å². The Morgan fingerprint density at radius 1 is 0.808 bits per heavy atom. The van der Waals surface area contributed by atoms with E-state index in [-0.39, 0.29) is 6.04 Å². The van der Waals surface area contributed by atoms with Gasteiger partial charge >= 0.3 is 0 Å². The van der Waals surface area contributed by atoms with E-state index >= 15 is 0 Å². The van der Waals surface area contributed by atoms with E-state index < -0.39 is 0 Å². The number of amides is 1. The highest BCUT2D eigenvalue weighted by atomic mass is 16.1. The maximum absolute atomic E-state index is 10.5. The lowest BCUT2D eigenvalue weighted by Crippen LogP contribution is -2.23. The van der Waals surface area contributed by atoms with Crippen LogP contribution in [-0.2, 0) is 4.79 Å². The van der Waals surface area contributed by atoms with Gasteiger partial charge in [-0.2, -0.15) is 0 Å². The van der Waals surface area contributed by atoms with Crippen molar-refractivity contribution in [3.63, 3.8) is 0 Å². The number of hydrogen-bond donors (Lipinski definition) is 2. The monoisotopic (exact) mass is 340 g/mol. The van der Waals surface area contributed by atoms with Crippen molar-refractivity contribution in [1.82, 2.24) is 5.32 Å². The largest absolute Gasteiger partial charge is 0.329 e. The molecule has 0 radical (unpaired) electrons. The van der Waals surface area contributed by atoms with Crippen molar-refractivity contribution in [3.8, 4) is 11.1 Å². The predicted molar refractivity (Wildman–Crippen MR) is 104 cm³/mol. The maximum atomic E-state index is 10.5. The number of hydrogen-bond acceptors (Lipinski definition) is 2. The molecular formula is C23H20N2O. The van der Waals surface area contributed by atoms with Crippen molar-refractivity contribution in [2.75, 3.05) is 5.32 Å². The molecule has 0 aromatic heterocycles. The van der Waals surface area contributed by atoms with Crippen LogP contribution in [0.4, 0.5) is 5.69 Å². The summed E-state index contributed by atoms with van der Waals surface area (Å²) in [5.74, 6) is 0.542. The lowest BCUT2D eigenvalue weighted by molar-refractivity contribution is -0.105. The maximum Gasteiger partial charge on any atom is 0.211 e. The van der Waals surface area contributed by atoms with E-state index in [9.17, 15) is 4.79 Å². The summed E-state index contributed by atoms with van der Waals surface area (Å²) in [5, 5.41) is 6.57. The molecule has 2 aliphatic rings. The van der Waals surface area contributed by atoms with Crippen LogP contribution in [0.1, 0.15) is 35.1 Å². The third kappa shape index (κ3) is 2.52. The van der Waals surface area contributed by atoms with Gasteiger partial charge in [0.2, 0.25) is 6.41 Å². The van der Waals surface area contributed by atoms with Crippen molar-refractivity contribution >= 4 is 12.1 Å². The molecule has 128 valence electrons. The van der Waals surface area contributed by atoms with E-state index in [4.69, 9.17) is 0 Å². The quantitative estimate of drug-likeness (QED) is 0.673. The Morgan fingerprint density at radius 3 is 2.04 bits per heavy atom. The Hall–Kier alpha value is -2.91. The van der Waals surface area contributed by atoms with E-state index in [1.807, 2.05) is 12.1 Å². The zero-order chi connectivity index (χ0) is 17.5. The molecule has 3 heteroatoms. The SMILES string of the molecule is O=CNc1ccc(C2CC2NC2c3ccccc3-c3ccccc32)cc1. The first-order valence-electron chi connectivity index (χ1n) is 9.09. The Morgan fingerprint density at radius 2 is 1.42 bits per heavy atom. The zero-order valence-corrected chi connectivity index (χ0v) is 14.4. The average molecular weight is 340 g/mol. The van der Waals surface area contributed by atoms with Crippen LogP contribution in [0.2, 0.25) is 0 Å². The first-order valence-corrected chi connectivity index (χ1v) is 9.09. The summed E-state index contributed by atoms with van der Waals surface area (Å²) in [4.78, 5) is 10.5. The van der Waals surface area contributed by atoms with Gasteiger partial charge in [-0.3, -0.25) is 4.79 Å². The van der Waals surface area contributed by atoms with E-state index in [2.05, 4.69) is 71.3 Å². The minimum absolute atomic E-state index is 0.272. The minimum Gasteiger partial charge on any atom is -0.329 e. The van der Waals surface area contributed by atoms with Crippen LogP contribution in [-0.4, -0.2) is 12.5 Å². The number of anilines is 1. The van der Waals surface area contributed by atoms with Crippen molar-refractivity contribution in [2.24, 2.45) is 0 Å². The smallest absolute Gasteiger partial charge is 0.211 e. The molecule has 0 spiro atoms. The molecule has 0 aliphatic heterocycles. The van der Waals surface area contributed by atoms with Crippen molar-refractivity contribution in [2.45, 2.75) is 24.4 Å². The zero-order valence-electron chi connectivity index (χ0n) is 14.4. The van der Waals surface area contributed by atoms with Crippen molar-refractivity contribution < 1.29 is 4.79 Å². The van der Waals surface area contributed by atoms with Crippen molar-refractivity contribution in [1.29, 1.82) is 0 Å². The summed E-state index contributed by atoms with van der Waals surface area (Å²) in [6.07, 6.45) is 1.87. The molecule has 3 nitrogen and oxygen atoms in total. The highest BCUT2D eigenvalue weighted by molar-refractivity contribution is 5.78. The molecular weight excluding hydrogens is 320 g/mol. The molecule has 3 aromatic rings. The van der Waals surface area contributed by atoms with Gasteiger partial charge in [-0.1, -0.05) is 60.7 Å². The minimum atomic E-state index is 0.272.